The standard InChI is InChI=1S/C17H13F3N2O4S.C10H9F3N2O2S/c1-2-22-14-8-7-10(27(25,26)17(18,19)20)9-13(14)21-15(22)11-5-3-4-6-12(11)16(23)24;1-2-15-6-14-8-5-7(3-4-9(8)15)18(16,17)10(11,12)13/h3-9H,2H2,1H3,(H,23,24);3-6H,2H2,1H3. The summed E-state index contributed by atoms with van der Waals surface area (Å²) < 4.78 is 125. The maximum Gasteiger partial charge on any atom is 0.501 e. The summed E-state index contributed by atoms with van der Waals surface area (Å²) in [4.78, 5) is 17.9. The number of carboxylic acid groups (broad SMARTS) is 1. The Bertz CT molecular complexity index is 2140. The van der Waals surface area contributed by atoms with E-state index < -0.39 is 46.5 Å². The fourth-order valence-corrected chi connectivity index (χ4v) is 5.96. The number of nitrogens with zero attached hydrogens (tertiary/aromatic N) is 4. The molecule has 3 aromatic carbocycles. The van der Waals surface area contributed by atoms with E-state index in [0.29, 0.717) is 24.1 Å². The van der Waals surface area contributed by atoms with E-state index >= 15 is 0 Å². The highest BCUT2D eigenvalue weighted by atomic mass is 32.2. The quantitative estimate of drug-likeness (QED) is 0.214. The molecule has 0 fully saturated rings. The minimum atomic E-state index is -5.51. The van der Waals surface area contributed by atoms with Gasteiger partial charge in [0.25, 0.3) is 19.7 Å². The number of aryl methyl sites for hydroxylation is 2. The first kappa shape index (κ1) is 33.4. The number of carboxylic acids is 1. The number of sulfone groups is 2. The van der Waals surface area contributed by atoms with Crippen molar-refractivity contribution in [3.63, 3.8) is 0 Å². The molecule has 0 aliphatic rings. The van der Waals surface area contributed by atoms with Crippen LogP contribution in [0.3, 0.4) is 0 Å². The number of halogens is 6. The zero-order chi connectivity index (χ0) is 33.5. The highest BCUT2D eigenvalue weighted by Crippen LogP contribution is 2.34. The van der Waals surface area contributed by atoms with E-state index in [1.54, 1.807) is 28.2 Å². The summed E-state index contributed by atoms with van der Waals surface area (Å²) in [6.07, 6.45) is 1.45. The summed E-state index contributed by atoms with van der Waals surface area (Å²) >= 11 is 0. The van der Waals surface area contributed by atoms with E-state index in [-0.39, 0.29) is 28.0 Å². The zero-order valence-corrected chi connectivity index (χ0v) is 24.8. The zero-order valence-electron chi connectivity index (χ0n) is 23.1. The third kappa shape index (κ3) is 6.11. The molecule has 0 saturated carbocycles. The van der Waals surface area contributed by atoms with Crippen molar-refractivity contribution in [3.05, 3.63) is 72.6 Å². The van der Waals surface area contributed by atoms with Gasteiger partial charge in [0, 0.05) is 18.7 Å². The molecule has 0 amide bonds. The summed E-state index contributed by atoms with van der Waals surface area (Å²) in [7, 11) is -10.8. The molecule has 0 saturated heterocycles. The maximum atomic E-state index is 12.8. The minimum absolute atomic E-state index is 0.0226. The van der Waals surface area contributed by atoms with E-state index in [1.165, 1.54) is 30.6 Å². The van der Waals surface area contributed by atoms with Gasteiger partial charge in [-0.3, -0.25) is 0 Å². The average Bonchev–Trinajstić information content (AvgIpc) is 3.56. The van der Waals surface area contributed by atoms with Gasteiger partial charge in [-0.15, -0.1) is 0 Å². The smallest absolute Gasteiger partial charge is 0.478 e. The first-order valence-electron chi connectivity index (χ1n) is 12.8. The average molecular weight is 677 g/mol. The fourth-order valence-electron chi connectivity index (χ4n) is 4.40. The van der Waals surface area contributed by atoms with Gasteiger partial charge in [-0.2, -0.15) is 26.3 Å². The van der Waals surface area contributed by atoms with Gasteiger partial charge in [0.15, 0.2) is 0 Å². The lowest BCUT2D eigenvalue weighted by Crippen LogP contribution is -2.23. The van der Waals surface area contributed by atoms with E-state index in [4.69, 9.17) is 0 Å². The summed E-state index contributed by atoms with van der Waals surface area (Å²) in [6.45, 7) is 4.56. The van der Waals surface area contributed by atoms with Gasteiger partial charge in [-0.1, -0.05) is 18.2 Å². The number of rotatable bonds is 6. The third-order valence-electron chi connectivity index (χ3n) is 6.60. The van der Waals surface area contributed by atoms with Crippen molar-refractivity contribution in [1.29, 1.82) is 0 Å². The minimum Gasteiger partial charge on any atom is -0.478 e. The second-order valence-electron chi connectivity index (χ2n) is 9.26. The van der Waals surface area contributed by atoms with Gasteiger partial charge in [-0.25, -0.2) is 31.6 Å². The Balaban J connectivity index is 0.000000222. The lowest BCUT2D eigenvalue weighted by Gasteiger charge is -2.09. The molecular formula is C27H22F6N4O6S2. The van der Waals surface area contributed by atoms with Crippen LogP contribution in [0.2, 0.25) is 0 Å². The van der Waals surface area contributed by atoms with Crippen molar-refractivity contribution in [2.24, 2.45) is 0 Å². The van der Waals surface area contributed by atoms with Gasteiger partial charge in [0.1, 0.15) is 5.82 Å². The van der Waals surface area contributed by atoms with Crippen molar-refractivity contribution >= 4 is 47.7 Å². The van der Waals surface area contributed by atoms with Crippen LogP contribution in [-0.2, 0) is 32.8 Å². The van der Waals surface area contributed by atoms with E-state index in [0.717, 1.165) is 24.3 Å². The molecule has 5 aromatic rings. The molecule has 240 valence electrons. The Kier molecular flexibility index (Phi) is 8.78. The van der Waals surface area contributed by atoms with Crippen LogP contribution in [0, 0.1) is 0 Å². The number of hydrogen-bond acceptors (Lipinski definition) is 7. The molecule has 0 spiro atoms. The van der Waals surface area contributed by atoms with Crippen molar-refractivity contribution in [3.8, 4) is 11.4 Å². The molecular weight excluding hydrogens is 654 g/mol. The fraction of sp³-hybridized carbons (Fsp3) is 0.222. The molecule has 2 aromatic heterocycles. The molecule has 18 heteroatoms. The lowest BCUT2D eigenvalue weighted by molar-refractivity contribution is -0.0442. The number of alkyl halides is 6. The SMILES string of the molecule is CCn1c(-c2ccccc2C(=O)O)nc2cc(S(=O)(=O)C(F)(F)F)ccc21.CCn1cnc2cc(S(=O)(=O)C(F)(F)F)ccc21. The molecule has 0 bridgehead atoms. The molecule has 10 nitrogen and oxygen atoms in total. The molecule has 0 unspecified atom stereocenters. The number of aromatic carboxylic acids is 1. The first-order chi connectivity index (χ1) is 20.8. The van der Waals surface area contributed by atoms with Gasteiger partial charge in [-0.05, 0) is 56.3 Å². The maximum absolute atomic E-state index is 12.8. The van der Waals surface area contributed by atoms with Crippen LogP contribution in [0.25, 0.3) is 33.5 Å². The Morgan fingerprint density at radius 3 is 1.82 bits per heavy atom. The number of fused-ring (bicyclic) bond motifs is 2. The number of imidazole rings is 2. The van der Waals surface area contributed by atoms with Crippen LogP contribution in [0.1, 0.15) is 24.2 Å². The molecule has 0 aliphatic carbocycles. The van der Waals surface area contributed by atoms with Crippen LogP contribution in [0.5, 0.6) is 0 Å². The molecule has 0 radical (unpaired) electrons. The van der Waals surface area contributed by atoms with Crippen LogP contribution < -0.4 is 0 Å². The second kappa shape index (κ2) is 11.8. The molecule has 0 aliphatic heterocycles. The Hall–Kier alpha value is -4.45. The molecule has 45 heavy (non-hydrogen) atoms. The van der Waals surface area contributed by atoms with E-state index in [1.807, 2.05) is 6.92 Å². The Morgan fingerprint density at radius 2 is 1.31 bits per heavy atom. The molecule has 5 rings (SSSR count). The number of hydrogen-bond donors (Lipinski definition) is 1. The van der Waals surface area contributed by atoms with Gasteiger partial charge in [0.2, 0.25) is 0 Å². The van der Waals surface area contributed by atoms with E-state index in [2.05, 4.69) is 9.97 Å². The summed E-state index contributed by atoms with van der Waals surface area (Å²) in [5.41, 5.74) is -9.22. The Morgan fingerprint density at radius 1 is 0.778 bits per heavy atom. The van der Waals surface area contributed by atoms with E-state index in [9.17, 15) is 53.1 Å². The monoisotopic (exact) mass is 676 g/mol. The highest BCUT2D eigenvalue weighted by molar-refractivity contribution is 7.92. The second-order valence-corrected chi connectivity index (χ2v) is 13.1. The Labute approximate surface area is 251 Å². The number of carbonyl (C=O) groups is 1. The number of benzene rings is 3. The van der Waals surface area contributed by atoms with Gasteiger partial charge in [0.05, 0.1) is 43.7 Å². The highest BCUT2D eigenvalue weighted by Gasteiger charge is 2.47. The molecule has 1 N–H and O–H groups in total. The van der Waals surface area contributed by atoms with Crippen LogP contribution in [0.4, 0.5) is 26.3 Å². The molecule has 0 atom stereocenters. The van der Waals surface area contributed by atoms with Gasteiger partial charge >= 0.3 is 17.0 Å². The predicted octanol–water partition coefficient (Wildman–Crippen LogP) is 6.06. The third-order valence-corrected chi connectivity index (χ3v) is 9.57. The van der Waals surface area contributed by atoms with Gasteiger partial charge < -0.3 is 14.2 Å². The van der Waals surface area contributed by atoms with Crippen LogP contribution >= 0.6 is 0 Å². The topological polar surface area (TPSA) is 141 Å². The number of aromatic nitrogens is 4. The normalized spacial score (nSPS) is 12.7. The lowest BCUT2D eigenvalue weighted by atomic mass is 10.1. The van der Waals surface area contributed by atoms with Crippen molar-refractivity contribution in [2.45, 2.75) is 47.7 Å². The van der Waals surface area contributed by atoms with Crippen molar-refractivity contribution in [2.75, 3.05) is 0 Å². The first-order valence-corrected chi connectivity index (χ1v) is 15.7. The van der Waals surface area contributed by atoms with Crippen LogP contribution in [0.15, 0.2) is 76.8 Å². The summed E-state index contributed by atoms with van der Waals surface area (Å²) in [6, 6.07) is 12.2. The summed E-state index contributed by atoms with van der Waals surface area (Å²) in [5.74, 6) is -0.951. The predicted molar refractivity (Wildman–Crippen MR) is 150 cm³/mol. The molecule has 2 heterocycles. The van der Waals surface area contributed by atoms with Crippen molar-refractivity contribution < 1.29 is 53.1 Å². The largest absolute Gasteiger partial charge is 0.501 e. The summed E-state index contributed by atoms with van der Waals surface area (Å²) in [5, 5.41) is 9.36. The van der Waals surface area contributed by atoms with Crippen molar-refractivity contribution in [1.82, 2.24) is 19.1 Å². The van der Waals surface area contributed by atoms with Crippen LogP contribution in [-0.4, -0.2) is 58.0 Å².